The molecule has 1 spiro atoms. The van der Waals surface area contributed by atoms with Gasteiger partial charge in [0.05, 0.1) is 13.2 Å². The molecule has 25 heavy (non-hydrogen) atoms. The van der Waals surface area contributed by atoms with Gasteiger partial charge in [0, 0.05) is 44.7 Å². The van der Waals surface area contributed by atoms with Gasteiger partial charge in [-0.2, -0.15) is 0 Å². The number of rotatable bonds is 5. The highest BCUT2D eigenvalue weighted by Crippen LogP contribution is 2.32. The van der Waals surface area contributed by atoms with Gasteiger partial charge in [0.2, 0.25) is 5.95 Å². The molecule has 0 unspecified atom stereocenters. The van der Waals surface area contributed by atoms with Gasteiger partial charge >= 0.3 is 0 Å². The number of aryl methyl sites for hydroxylation is 1. The first-order valence-corrected chi connectivity index (χ1v) is 8.79. The molecular formula is C17H27N5O3. The molecule has 0 saturated carbocycles. The Morgan fingerprint density at radius 1 is 1.28 bits per heavy atom. The average Bonchev–Trinajstić information content (AvgIpc) is 3.02. The van der Waals surface area contributed by atoms with Crippen molar-refractivity contribution in [1.29, 1.82) is 0 Å². The van der Waals surface area contributed by atoms with Crippen molar-refractivity contribution < 1.29 is 14.3 Å². The van der Waals surface area contributed by atoms with Crippen LogP contribution in [0.1, 0.15) is 29.0 Å². The van der Waals surface area contributed by atoms with E-state index in [4.69, 9.17) is 9.47 Å². The number of nitrogens with zero attached hydrogens (tertiary/aromatic N) is 4. The van der Waals surface area contributed by atoms with Gasteiger partial charge in [0.15, 0.2) is 5.79 Å². The first-order valence-electron chi connectivity index (χ1n) is 8.79. The van der Waals surface area contributed by atoms with Crippen LogP contribution in [0.5, 0.6) is 0 Å². The van der Waals surface area contributed by atoms with Crippen LogP contribution in [-0.2, 0) is 9.47 Å². The molecule has 0 aromatic carbocycles. The van der Waals surface area contributed by atoms with Crippen molar-refractivity contribution in [3.05, 3.63) is 17.5 Å². The smallest absolute Gasteiger partial charge is 0.270 e. The third-order valence-electron chi connectivity index (χ3n) is 4.54. The van der Waals surface area contributed by atoms with E-state index in [9.17, 15) is 4.79 Å². The van der Waals surface area contributed by atoms with Gasteiger partial charge in [-0.3, -0.25) is 4.79 Å². The highest BCUT2D eigenvalue weighted by Gasteiger charge is 2.40. The maximum absolute atomic E-state index is 12.3. The number of amides is 1. The van der Waals surface area contributed by atoms with E-state index in [0.717, 1.165) is 38.2 Å². The fraction of sp³-hybridized carbons (Fsp3) is 0.706. The maximum atomic E-state index is 12.3. The Hall–Kier alpha value is -1.77. The first kappa shape index (κ1) is 18.0. The van der Waals surface area contributed by atoms with Crippen molar-refractivity contribution in [1.82, 2.24) is 20.2 Å². The number of likely N-dealkylation sites (N-methyl/N-ethyl adjacent to an activating group) is 1. The van der Waals surface area contributed by atoms with E-state index in [-0.39, 0.29) is 5.91 Å². The summed E-state index contributed by atoms with van der Waals surface area (Å²) in [5.41, 5.74) is 1.20. The van der Waals surface area contributed by atoms with Gasteiger partial charge in [-0.15, -0.1) is 0 Å². The number of ether oxygens (including phenoxy) is 2. The SMILES string of the molecule is Cc1cc(C(=O)NCCN(C)C)nc(N2CCC3(CC2)OCCO3)n1. The summed E-state index contributed by atoms with van der Waals surface area (Å²) >= 11 is 0. The number of anilines is 1. The third kappa shape index (κ3) is 4.45. The second-order valence-corrected chi connectivity index (χ2v) is 6.85. The second-order valence-electron chi connectivity index (χ2n) is 6.85. The fourth-order valence-electron chi connectivity index (χ4n) is 3.13. The molecular weight excluding hydrogens is 322 g/mol. The molecule has 0 radical (unpaired) electrons. The van der Waals surface area contributed by atoms with Crippen LogP contribution < -0.4 is 10.2 Å². The predicted molar refractivity (Wildman–Crippen MR) is 93.7 cm³/mol. The number of hydrogen-bond acceptors (Lipinski definition) is 7. The van der Waals surface area contributed by atoms with E-state index in [1.54, 1.807) is 6.07 Å². The van der Waals surface area contributed by atoms with Crippen LogP contribution in [0, 0.1) is 6.92 Å². The van der Waals surface area contributed by atoms with E-state index in [1.165, 1.54) is 0 Å². The zero-order valence-corrected chi connectivity index (χ0v) is 15.2. The highest BCUT2D eigenvalue weighted by molar-refractivity contribution is 5.92. The molecule has 138 valence electrons. The Bertz CT molecular complexity index is 606. The summed E-state index contributed by atoms with van der Waals surface area (Å²) in [4.78, 5) is 25.4. The van der Waals surface area contributed by atoms with Crippen LogP contribution in [0.4, 0.5) is 5.95 Å². The van der Waals surface area contributed by atoms with E-state index in [2.05, 4.69) is 20.2 Å². The Kier molecular flexibility index (Phi) is 5.51. The molecule has 2 aliphatic rings. The molecule has 8 nitrogen and oxygen atoms in total. The van der Waals surface area contributed by atoms with Crippen LogP contribution in [0.15, 0.2) is 6.07 Å². The minimum Gasteiger partial charge on any atom is -0.349 e. The summed E-state index contributed by atoms with van der Waals surface area (Å²) in [5, 5.41) is 2.90. The molecule has 0 bridgehead atoms. The molecule has 3 heterocycles. The lowest BCUT2D eigenvalue weighted by Gasteiger charge is -2.37. The van der Waals surface area contributed by atoms with Gasteiger partial charge < -0.3 is 24.6 Å². The molecule has 1 N–H and O–H groups in total. The van der Waals surface area contributed by atoms with Gasteiger partial charge in [-0.1, -0.05) is 0 Å². The number of carbonyl (C=O) groups excluding carboxylic acids is 1. The molecule has 1 amide bonds. The molecule has 3 rings (SSSR count). The minimum absolute atomic E-state index is 0.162. The number of carbonyl (C=O) groups is 1. The van der Waals surface area contributed by atoms with Gasteiger partial charge in [-0.25, -0.2) is 9.97 Å². The lowest BCUT2D eigenvalue weighted by atomic mass is 10.0. The van der Waals surface area contributed by atoms with Crippen LogP contribution in [0.25, 0.3) is 0 Å². The average molecular weight is 349 g/mol. The molecule has 0 aliphatic carbocycles. The van der Waals surface area contributed by atoms with E-state index in [0.29, 0.717) is 31.4 Å². The van der Waals surface area contributed by atoms with E-state index < -0.39 is 5.79 Å². The summed E-state index contributed by atoms with van der Waals surface area (Å²) in [6.07, 6.45) is 1.57. The summed E-state index contributed by atoms with van der Waals surface area (Å²) in [5.74, 6) is 0.0161. The van der Waals surface area contributed by atoms with Crippen molar-refractivity contribution in [2.24, 2.45) is 0 Å². The van der Waals surface area contributed by atoms with Crippen LogP contribution in [-0.4, -0.2) is 80.1 Å². The number of piperidine rings is 1. The van der Waals surface area contributed by atoms with Crippen molar-refractivity contribution >= 4 is 11.9 Å². The molecule has 2 aliphatic heterocycles. The zero-order chi connectivity index (χ0) is 17.9. The predicted octanol–water partition coefficient (Wildman–Crippen LogP) is 0.420. The monoisotopic (exact) mass is 349 g/mol. The Morgan fingerprint density at radius 2 is 1.96 bits per heavy atom. The minimum atomic E-state index is -0.424. The third-order valence-corrected chi connectivity index (χ3v) is 4.54. The quantitative estimate of drug-likeness (QED) is 0.825. The zero-order valence-electron chi connectivity index (χ0n) is 15.2. The lowest BCUT2D eigenvalue weighted by Crippen LogP contribution is -2.46. The van der Waals surface area contributed by atoms with Crippen LogP contribution >= 0.6 is 0 Å². The first-order chi connectivity index (χ1) is 12.0. The Balaban J connectivity index is 1.64. The van der Waals surface area contributed by atoms with Crippen molar-refractivity contribution in [3.8, 4) is 0 Å². The van der Waals surface area contributed by atoms with Crippen molar-refractivity contribution in [2.75, 3.05) is 58.4 Å². The fourth-order valence-corrected chi connectivity index (χ4v) is 3.13. The number of aromatic nitrogens is 2. The standard InChI is InChI=1S/C17H27N5O3/c1-13-12-14(15(23)18-6-9-21(2)3)20-16(19-13)22-7-4-17(5-8-22)24-10-11-25-17/h12H,4-11H2,1-3H3,(H,18,23). The van der Waals surface area contributed by atoms with Gasteiger partial charge in [0.1, 0.15) is 5.69 Å². The molecule has 0 atom stereocenters. The maximum Gasteiger partial charge on any atom is 0.270 e. The van der Waals surface area contributed by atoms with Crippen molar-refractivity contribution in [2.45, 2.75) is 25.6 Å². The molecule has 2 fully saturated rings. The van der Waals surface area contributed by atoms with Gasteiger partial charge in [0.25, 0.3) is 5.91 Å². The molecule has 2 saturated heterocycles. The summed E-state index contributed by atoms with van der Waals surface area (Å²) in [6.45, 7) is 6.10. The second kappa shape index (κ2) is 7.63. The summed E-state index contributed by atoms with van der Waals surface area (Å²) < 4.78 is 11.5. The van der Waals surface area contributed by atoms with E-state index >= 15 is 0 Å². The van der Waals surface area contributed by atoms with Crippen LogP contribution in [0.3, 0.4) is 0 Å². The Morgan fingerprint density at radius 3 is 2.60 bits per heavy atom. The lowest BCUT2D eigenvalue weighted by molar-refractivity contribution is -0.169. The highest BCUT2D eigenvalue weighted by atomic mass is 16.7. The summed E-state index contributed by atoms with van der Waals surface area (Å²) in [6, 6.07) is 1.73. The van der Waals surface area contributed by atoms with Crippen LogP contribution in [0.2, 0.25) is 0 Å². The van der Waals surface area contributed by atoms with Crippen molar-refractivity contribution in [3.63, 3.8) is 0 Å². The molecule has 8 heteroatoms. The largest absolute Gasteiger partial charge is 0.349 e. The summed E-state index contributed by atoms with van der Waals surface area (Å²) in [7, 11) is 3.94. The van der Waals surface area contributed by atoms with Gasteiger partial charge in [-0.05, 0) is 27.1 Å². The number of nitrogens with one attached hydrogen (secondary N) is 1. The normalized spacial score (nSPS) is 19.6. The number of hydrogen-bond donors (Lipinski definition) is 1. The Labute approximate surface area is 148 Å². The topological polar surface area (TPSA) is 79.8 Å². The molecule has 1 aromatic heterocycles. The molecule has 1 aromatic rings. The van der Waals surface area contributed by atoms with E-state index in [1.807, 2.05) is 25.9 Å².